The van der Waals surface area contributed by atoms with Crippen LogP contribution >= 0.6 is 0 Å². The van der Waals surface area contributed by atoms with Crippen LogP contribution in [0.5, 0.6) is 0 Å². The van der Waals surface area contributed by atoms with Crippen LogP contribution in [0.25, 0.3) is 0 Å². The molecule has 3 amide bonds. The molecule has 0 saturated heterocycles. The van der Waals surface area contributed by atoms with Gasteiger partial charge in [-0.05, 0) is 13.8 Å². The van der Waals surface area contributed by atoms with Crippen LogP contribution in [0.4, 0.5) is 4.79 Å². The van der Waals surface area contributed by atoms with Crippen LogP contribution in [0.2, 0.25) is 0 Å². The van der Waals surface area contributed by atoms with E-state index in [0.29, 0.717) is 0 Å². The third-order valence-electron chi connectivity index (χ3n) is 1.87. The molecule has 0 bridgehead atoms. The Balaban J connectivity index is 4.20. The molecule has 0 fully saturated rings. The minimum atomic E-state index is -1.08. The average Bonchev–Trinajstić information content (AvgIpc) is 2.11. The van der Waals surface area contributed by atoms with Crippen molar-refractivity contribution in [2.24, 2.45) is 5.73 Å². The lowest BCUT2D eigenvalue weighted by Gasteiger charge is -2.21. The van der Waals surface area contributed by atoms with Gasteiger partial charge in [-0.15, -0.1) is 0 Å². The number of primary amides is 1. The minimum Gasteiger partial charge on any atom is -0.480 e. The molecule has 0 aromatic carbocycles. The summed E-state index contributed by atoms with van der Waals surface area (Å²) < 4.78 is 0. The lowest BCUT2D eigenvalue weighted by molar-refractivity contribution is -0.137. The van der Waals surface area contributed by atoms with Crippen molar-refractivity contribution in [1.82, 2.24) is 10.2 Å². The normalized spacial score (nSPS) is 11.6. The number of likely N-dealkylation sites (N-methyl/N-ethyl adjacent to an activating group) is 1. The van der Waals surface area contributed by atoms with Crippen molar-refractivity contribution in [3.8, 4) is 0 Å². The highest BCUT2D eigenvalue weighted by Gasteiger charge is 2.17. The molecule has 4 N–H and O–H groups in total. The molecule has 0 aromatic rings. The predicted molar refractivity (Wildman–Crippen MR) is 56.7 cm³/mol. The van der Waals surface area contributed by atoms with E-state index in [4.69, 9.17) is 10.8 Å². The van der Waals surface area contributed by atoms with Crippen LogP contribution in [0.3, 0.4) is 0 Å². The summed E-state index contributed by atoms with van der Waals surface area (Å²) in [5, 5.41) is 11.0. The Hall–Kier alpha value is -1.79. The molecule has 0 aliphatic carbocycles. The third-order valence-corrected chi connectivity index (χ3v) is 1.87. The Morgan fingerprint density at radius 3 is 2.38 bits per heavy atom. The van der Waals surface area contributed by atoms with Gasteiger partial charge in [0.25, 0.3) is 0 Å². The van der Waals surface area contributed by atoms with Crippen molar-refractivity contribution in [3.63, 3.8) is 0 Å². The van der Waals surface area contributed by atoms with Crippen molar-refractivity contribution < 1.29 is 19.5 Å². The van der Waals surface area contributed by atoms with E-state index in [1.807, 2.05) is 0 Å². The molecular weight excluding hydrogens is 214 g/mol. The quantitative estimate of drug-likeness (QED) is 0.564. The second kappa shape index (κ2) is 6.65. The summed E-state index contributed by atoms with van der Waals surface area (Å²) in [6.45, 7) is 3.20. The van der Waals surface area contributed by atoms with E-state index >= 15 is 0 Å². The van der Waals surface area contributed by atoms with E-state index < -0.39 is 23.9 Å². The first-order valence-electron chi connectivity index (χ1n) is 4.92. The highest BCUT2D eigenvalue weighted by Crippen LogP contribution is 1.94. The topological polar surface area (TPSA) is 113 Å². The Bertz CT molecular complexity index is 280. The highest BCUT2D eigenvalue weighted by molar-refractivity contribution is 5.81. The molecule has 16 heavy (non-hydrogen) atoms. The van der Waals surface area contributed by atoms with Crippen LogP contribution in [-0.4, -0.2) is 47.0 Å². The standard InChI is InChI=1S/C9H17N3O4/c1-3-12(5-8(14)15)9(16)11-6(2)4-7(10)13/h6H,3-5H2,1-2H3,(H2,10,13)(H,11,16)(H,14,15). The van der Waals surface area contributed by atoms with Gasteiger partial charge >= 0.3 is 12.0 Å². The van der Waals surface area contributed by atoms with E-state index in [0.717, 1.165) is 4.90 Å². The summed E-state index contributed by atoms with van der Waals surface area (Å²) in [6.07, 6.45) is 0.0242. The Labute approximate surface area is 93.6 Å². The van der Waals surface area contributed by atoms with Crippen LogP contribution in [0.1, 0.15) is 20.3 Å². The number of carboxylic acid groups (broad SMARTS) is 1. The van der Waals surface area contributed by atoms with E-state index in [1.54, 1.807) is 13.8 Å². The number of hydrogen-bond acceptors (Lipinski definition) is 3. The first-order valence-corrected chi connectivity index (χ1v) is 4.92. The average molecular weight is 231 g/mol. The molecule has 0 spiro atoms. The summed E-state index contributed by atoms with van der Waals surface area (Å²) in [4.78, 5) is 33.6. The zero-order valence-electron chi connectivity index (χ0n) is 9.40. The number of carboxylic acids is 1. The number of carbonyl (C=O) groups is 3. The maximum absolute atomic E-state index is 11.5. The number of urea groups is 1. The highest BCUT2D eigenvalue weighted by atomic mass is 16.4. The summed E-state index contributed by atoms with van der Waals surface area (Å²) in [7, 11) is 0. The summed E-state index contributed by atoms with van der Waals surface area (Å²) in [5.41, 5.74) is 4.96. The maximum Gasteiger partial charge on any atom is 0.323 e. The van der Waals surface area contributed by atoms with Crippen LogP contribution < -0.4 is 11.1 Å². The van der Waals surface area contributed by atoms with Crippen LogP contribution in [-0.2, 0) is 9.59 Å². The molecule has 0 rings (SSSR count). The van der Waals surface area contributed by atoms with E-state index in [9.17, 15) is 14.4 Å². The largest absolute Gasteiger partial charge is 0.480 e. The van der Waals surface area contributed by atoms with Crippen molar-refractivity contribution in [1.29, 1.82) is 0 Å². The minimum absolute atomic E-state index is 0.0242. The van der Waals surface area contributed by atoms with Crippen LogP contribution in [0, 0.1) is 0 Å². The molecule has 7 nitrogen and oxygen atoms in total. The van der Waals surface area contributed by atoms with E-state index in [2.05, 4.69) is 5.32 Å². The van der Waals surface area contributed by atoms with Gasteiger partial charge in [-0.1, -0.05) is 0 Å². The number of hydrogen-bond donors (Lipinski definition) is 3. The lowest BCUT2D eigenvalue weighted by atomic mass is 10.2. The fourth-order valence-corrected chi connectivity index (χ4v) is 1.15. The second-order valence-corrected chi connectivity index (χ2v) is 3.43. The molecule has 1 atom stereocenters. The SMILES string of the molecule is CCN(CC(=O)O)C(=O)NC(C)CC(N)=O. The Morgan fingerprint density at radius 1 is 1.44 bits per heavy atom. The van der Waals surface area contributed by atoms with Gasteiger partial charge in [0.1, 0.15) is 6.54 Å². The Morgan fingerprint density at radius 2 is 2.00 bits per heavy atom. The molecule has 0 aliphatic rings. The maximum atomic E-state index is 11.5. The van der Waals surface area contributed by atoms with Crippen LogP contribution in [0.15, 0.2) is 0 Å². The van der Waals surface area contributed by atoms with Gasteiger partial charge in [0.2, 0.25) is 5.91 Å². The van der Waals surface area contributed by atoms with Crippen molar-refractivity contribution in [2.45, 2.75) is 26.3 Å². The van der Waals surface area contributed by atoms with Gasteiger partial charge in [0.15, 0.2) is 0 Å². The number of amides is 3. The summed E-state index contributed by atoms with van der Waals surface area (Å²) in [5.74, 6) is -1.60. The van der Waals surface area contributed by atoms with E-state index in [-0.39, 0.29) is 19.5 Å². The predicted octanol–water partition coefficient (Wildman–Crippen LogP) is -0.634. The molecule has 7 heteroatoms. The molecular formula is C9H17N3O4. The van der Waals surface area contributed by atoms with Gasteiger partial charge in [-0.2, -0.15) is 0 Å². The molecule has 0 radical (unpaired) electrons. The molecule has 0 aromatic heterocycles. The zero-order chi connectivity index (χ0) is 12.7. The van der Waals surface area contributed by atoms with Crippen molar-refractivity contribution >= 4 is 17.9 Å². The fourth-order valence-electron chi connectivity index (χ4n) is 1.15. The number of carbonyl (C=O) groups excluding carboxylic acids is 2. The summed E-state index contributed by atoms with van der Waals surface area (Å²) in [6, 6.07) is -0.925. The third kappa shape index (κ3) is 5.84. The zero-order valence-corrected chi connectivity index (χ0v) is 9.40. The van der Waals surface area contributed by atoms with Gasteiger partial charge in [0.05, 0.1) is 0 Å². The first kappa shape index (κ1) is 14.2. The smallest absolute Gasteiger partial charge is 0.323 e. The van der Waals surface area contributed by atoms with Crippen molar-refractivity contribution in [3.05, 3.63) is 0 Å². The molecule has 0 heterocycles. The molecule has 0 saturated carbocycles. The van der Waals surface area contributed by atoms with Gasteiger partial charge in [-0.25, -0.2) is 4.79 Å². The van der Waals surface area contributed by atoms with Gasteiger partial charge in [-0.3, -0.25) is 9.59 Å². The Kier molecular flexibility index (Phi) is 5.91. The fraction of sp³-hybridized carbons (Fsp3) is 0.667. The number of nitrogens with two attached hydrogens (primary N) is 1. The van der Waals surface area contributed by atoms with E-state index in [1.165, 1.54) is 0 Å². The monoisotopic (exact) mass is 231 g/mol. The number of aliphatic carboxylic acids is 1. The van der Waals surface area contributed by atoms with Gasteiger partial charge in [0, 0.05) is 19.0 Å². The number of nitrogens with zero attached hydrogens (tertiary/aromatic N) is 1. The first-order chi connectivity index (χ1) is 7.36. The molecule has 0 aliphatic heterocycles. The molecule has 1 unspecified atom stereocenters. The summed E-state index contributed by atoms with van der Waals surface area (Å²) >= 11 is 0. The molecule has 92 valence electrons. The number of rotatable bonds is 6. The number of nitrogens with one attached hydrogen (secondary N) is 1. The second-order valence-electron chi connectivity index (χ2n) is 3.43. The van der Waals surface area contributed by atoms with Crippen molar-refractivity contribution in [2.75, 3.05) is 13.1 Å². The lowest BCUT2D eigenvalue weighted by Crippen LogP contribution is -2.46. The van der Waals surface area contributed by atoms with Gasteiger partial charge < -0.3 is 21.1 Å².